The fourth-order valence-electron chi connectivity index (χ4n) is 2.86. The first-order chi connectivity index (χ1) is 7.98. The van der Waals surface area contributed by atoms with E-state index in [2.05, 4.69) is 44.8 Å². The van der Waals surface area contributed by atoms with Crippen molar-refractivity contribution in [1.82, 2.24) is 10.2 Å². The number of ether oxygens (including phenoxy) is 1. The highest BCUT2D eigenvalue weighted by Gasteiger charge is 2.29. The minimum absolute atomic E-state index is 0.0198. The molecule has 1 fully saturated rings. The quantitative estimate of drug-likeness (QED) is 0.773. The van der Waals surface area contributed by atoms with Crippen molar-refractivity contribution in [3.63, 3.8) is 0 Å². The lowest BCUT2D eigenvalue weighted by Gasteiger charge is -2.41. The standard InChI is InChI=1S/C14H30N2O/c1-6-15-13-8-9-16(12(3)10-13)11-14(4,5)17-7-2/h12-13,15H,6-11H2,1-5H3. The average Bonchev–Trinajstić information content (AvgIpc) is 2.22. The number of hydrogen-bond acceptors (Lipinski definition) is 3. The van der Waals surface area contributed by atoms with Gasteiger partial charge in [-0.2, -0.15) is 0 Å². The van der Waals surface area contributed by atoms with Crippen molar-refractivity contribution >= 4 is 0 Å². The number of hydrogen-bond donors (Lipinski definition) is 1. The van der Waals surface area contributed by atoms with Gasteiger partial charge in [-0.15, -0.1) is 0 Å². The third-order valence-electron chi connectivity index (χ3n) is 3.63. The van der Waals surface area contributed by atoms with Crippen molar-refractivity contribution < 1.29 is 4.74 Å². The van der Waals surface area contributed by atoms with E-state index in [1.54, 1.807) is 0 Å². The van der Waals surface area contributed by atoms with Crippen molar-refractivity contribution in [2.45, 2.75) is 65.1 Å². The Bertz CT molecular complexity index is 218. The number of piperidine rings is 1. The highest BCUT2D eigenvalue weighted by molar-refractivity contribution is 4.86. The molecule has 0 spiro atoms. The van der Waals surface area contributed by atoms with Crippen LogP contribution >= 0.6 is 0 Å². The summed E-state index contributed by atoms with van der Waals surface area (Å²) < 4.78 is 5.80. The van der Waals surface area contributed by atoms with Crippen LogP contribution in [0, 0.1) is 0 Å². The van der Waals surface area contributed by atoms with Crippen LogP contribution in [0.1, 0.15) is 47.5 Å². The zero-order chi connectivity index (χ0) is 12.9. The van der Waals surface area contributed by atoms with Gasteiger partial charge in [0, 0.05) is 31.8 Å². The molecule has 17 heavy (non-hydrogen) atoms. The summed E-state index contributed by atoms with van der Waals surface area (Å²) in [5.74, 6) is 0. The van der Waals surface area contributed by atoms with E-state index in [1.165, 1.54) is 19.4 Å². The number of nitrogens with one attached hydrogen (secondary N) is 1. The van der Waals surface area contributed by atoms with Crippen molar-refractivity contribution in [3.8, 4) is 0 Å². The zero-order valence-corrected chi connectivity index (χ0v) is 12.3. The van der Waals surface area contributed by atoms with Gasteiger partial charge < -0.3 is 10.1 Å². The largest absolute Gasteiger partial charge is 0.375 e. The molecule has 1 saturated heterocycles. The molecule has 1 rings (SSSR count). The molecular weight excluding hydrogens is 212 g/mol. The first-order valence-corrected chi connectivity index (χ1v) is 7.10. The molecule has 0 aromatic heterocycles. The summed E-state index contributed by atoms with van der Waals surface area (Å²) in [7, 11) is 0. The van der Waals surface area contributed by atoms with E-state index in [9.17, 15) is 0 Å². The second kappa shape index (κ2) is 6.72. The lowest BCUT2D eigenvalue weighted by molar-refractivity contribution is -0.0474. The van der Waals surface area contributed by atoms with Crippen LogP contribution in [0.25, 0.3) is 0 Å². The topological polar surface area (TPSA) is 24.5 Å². The van der Waals surface area contributed by atoms with Crippen molar-refractivity contribution in [1.29, 1.82) is 0 Å². The molecule has 0 amide bonds. The number of nitrogens with zero attached hydrogens (tertiary/aromatic N) is 1. The SMILES string of the molecule is CCNC1CCN(CC(C)(C)OCC)C(C)C1. The molecule has 1 heterocycles. The Morgan fingerprint density at radius 2 is 2.06 bits per heavy atom. The Morgan fingerprint density at radius 3 is 2.59 bits per heavy atom. The van der Waals surface area contributed by atoms with Crippen LogP contribution in [0.2, 0.25) is 0 Å². The minimum Gasteiger partial charge on any atom is -0.375 e. The Labute approximate surface area is 107 Å². The van der Waals surface area contributed by atoms with Gasteiger partial charge in [0.05, 0.1) is 5.60 Å². The van der Waals surface area contributed by atoms with E-state index < -0.39 is 0 Å². The number of rotatable bonds is 6. The lowest BCUT2D eigenvalue weighted by Crippen LogP contribution is -2.52. The summed E-state index contributed by atoms with van der Waals surface area (Å²) in [6, 6.07) is 1.37. The molecular formula is C14H30N2O. The van der Waals surface area contributed by atoms with Crippen LogP contribution in [0.3, 0.4) is 0 Å². The van der Waals surface area contributed by atoms with Gasteiger partial charge >= 0.3 is 0 Å². The summed E-state index contributed by atoms with van der Waals surface area (Å²) in [4.78, 5) is 2.57. The molecule has 2 atom stereocenters. The van der Waals surface area contributed by atoms with Gasteiger partial charge in [0.2, 0.25) is 0 Å². The third kappa shape index (κ3) is 4.94. The molecule has 0 radical (unpaired) electrons. The predicted octanol–water partition coefficient (Wildman–Crippen LogP) is 2.26. The van der Waals surface area contributed by atoms with E-state index in [-0.39, 0.29) is 5.60 Å². The van der Waals surface area contributed by atoms with Gasteiger partial charge in [0.1, 0.15) is 0 Å². The molecule has 1 aliphatic rings. The fourth-order valence-corrected chi connectivity index (χ4v) is 2.86. The average molecular weight is 242 g/mol. The summed E-state index contributed by atoms with van der Waals surface area (Å²) in [5, 5.41) is 3.57. The summed E-state index contributed by atoms with van der Waals surface area (Å²) >= 11 is 0. The van der Waals surface area contributed by atoms with Crippen LogP contribution in [-0.2, 0) is 4.74 Å². The van der Waals surface area contributed by atoms with Crippen molar-refractivity contribution in [2.75, 3.05) is 26.2 Å². The Morgan fingerprint density at radius 1 is 1.35 bits per heavy atom. The Hall–Kier alpha value is -0.120. The van der Waals surface area contributed by atoms with Gasteiger partial charge in [-0.1, -0.05) is 6.92 Å². The normalized spacial score (nSPS) is 27.4. The zero-order valence-electron chi connectivity index (χ0n) is 12.3. The molecule has 0 aromatic carbocycles. The van der Waals surface area contributed by atoms with Crippen LogP contribution in [-0.4, -0.2) is 48.8 Å². The molecule has 0 aliphatic carbocycles. The van der Waals surface area contributed by atoms with E-state index in [0.29, 0.717) is 12.1 Å². The second-order valence-corrected chi connectivity index (χ2v) is 5.79. The van der Waals surface area contributed by atoms with Crippen LogP contribution < -0.4 is 5.32 Å². The van der Waals surface area contributed by atoms with Crippen LogP contribution in [0.15, 0.2) is 0 Å². The third-order valence-corrected chi connectivity index (χ3v) is 3.63. The molecule has 1 N–H and O–H groups in total. The molecule has 0 bridgehead atoms. The number of likely N-dealkylation sites (tertiary alicyclic amines) is 1. The van der Waals surface area contributed by atoms with Crippen molar-refractivity contribution in [2.24, 2.45) is 0 Å². The molecule has 102 valence electrons. The van der Waals surface area contributed by atoms with E-state index >= 15 is 0 Å². The van der Waals surface area contributed by atoms with Gasteiger partial charge in [-0.25, -0.2) is 0 Å². The maximum absolute atomic E-state index is 5.80. The predicted molar refractivity (Wildman–Crippen MR) is 73.4 cm³/mol. The van der Waals surface area contributed by atoms with E-state index in [4.69, 9.17) is 4.74 Å². The van der Waals surface area contributed by atoms with Gasteiger partial charge in [-0.3, -0.25) is 4.90 Å². The maximum Gasteiger partial charge on any atom is 0.0752 e. The first-order valence-electron chi connectivity index (χ1n) is 7.10. The highest BCUT2D eigenvalue weighted by atomic mass is 16.5. The molecule has 0 saturated carbocycles. The van der Waals surface area contributed by atoms with E-state index in [1.807, 2.05) is 0 Å². The van der Waals surface area contributed by atoms with Gasteiger partial charge in [0.15, 0.2) is 0 Å². The second-order valence-electron chi connectivity index (χ2n) is 5.79. The molecule has 0 aromatic rings. The van der Waals surface area contributed by atoms with E-state index in [0.717, 1.165) is 19.7 Å². The minimum atomic E-state index is -0.0198. The van der Waals surface area contributed by atoms with Gasteiger partial charge in [0.25, 0.3) is 0 Å². The Balaban J connectivity index is 2.41. The molecule has 3 heteroatoms. The smallest absolute Gasteiger partial charge is 0.0752 e. The van der Waals surface area contributed by atoms with Gasteiger partial charge in [-0.05, 0) is 47.1 Å². The van der Waals surface area contributed by atoms with Crippen LogP contribution in [0.4, 0.5) is 0 Å². The van der Waals surface area contributed by atoms with Crippen LogP contribution in [0.5, 0.6) is 0 Å². The fraction of sp³-hybridized carbons (Fsp3) is 1.00. The molecule has 3 nitrogen and oxygen atoms in total. The van der Waals surface area contributed by atoms with Crippen molar-refractivity contribution in [3.05, 3.63) is 0 Å². The Kier molecular flexibility index (Phi) is 5.90. The molecule has 2 unspecified atom stereocenters. The monoisotopic (exact) mass is 242 g/mol. The summed E-state index contributed by atoms with van der Waals surface area (Å²) in [6.45, 7) is 15.1. The first kappa shape index (κ1) is 14.9. The maximum atomic E-state index is 5.80. The summed E-state index contributed by atoms with van der Waals surface area (Å²) in [6.07, 6.45) is 2.52. The highest BCUT2D eigenvalue weighted by Crippen LogP contribution is 2.21. The molecule has 1 aliphatic heterocycles. The summed E-state index contributed by atoms with van der Waals surface area (Å²) in [5.41, 5.74) is -0.0198. The lowest BCUT2D eigenvalue weighted by atomic mass is 9.96.